The number of ether oxygens (including phenoxy) is 1. The molecule has 0 aliphatic heterocycles. The third-order valence-corrected chi connectivity index (χ3v) is 3.30. The standard InChI is InChI=1S/C16H14N4O3/c1-23-14-9-5-4-8-13(14)17-15(21)10-20-16(22)11-6-2-3-7-12(11)18-19-20/h2-9H,10H2,1H3,(H,17,21). The van der Waals surface area contributed by atoms with Crippen LogP contribution in [0.25, 0.3) is 10.9 Å². The molecule has 0 spiro atoms. The van der Waals surface area contributed by atoms with E-state index in [1.807, 2.05) is 0 Å². The molecule has 7 nitrogen and oxygen atoms in total. The molecule has 1 aromatic heterocycles. The quantitative estimate of drug-likeness (QED) is 0.788. The van der Waals surface area contributed by atoms with E-state index in [9.17, 15) is 9.59 Å². The summed E-state index contributed by atoms with van der Waals surface area (Å²) in [6.45, 7) is -0.227. The summed E-state index contributed by atoms with van der Waals surface area (Å²) in [6, 6.07) is 13.9. The number of carbonyl (C=O) groups excluding carboxylic acids is 1. The Bertz CT molecular complexity index is 920. The molecule has 1 N–H and O–H groups in total. The Balaban J connectivity index is 1.83. The fourth-order valence-corrected chi connectivity index (χ4v) is 2.20. The van der Waals surface area contributed by atoms with Gasteiger partial charge in [0, 0.05) is 0 Å². The number of rotatable bonds is 4. The summed E-state index contributed by atoms with van der Waals surface area (Å²) in [5, 5.41) is 10.9. The zero-order valence-electron chi connectivity index (χ0n) is 12.4. The molecule has 0 saturated heterocycles. The van der Waals surface area contributed by atoms with E-state index in [1.54, 1.807) is 48.5 Å². The molecule has 7 heteroatoms. The molecule has 0 fully saturated rings. The Kier molecular flexibility index (Phi) is 4.01. The Morgan fingerprint density at radius 3 is 2.74 bits per heavy atom. The van der Waals surface area contributed by atoms with Crippen molar-refractivity contribution in [2.45, 2.75) is 6.54 Å². The first kappa shape index (κ1) is 14.7. The van der Waals surface area contributed by atoms with Gasteiger partial charge in [0.2, 0.25) is 5.91 Å². The monoisotopic (exact) mass is 310 g/mol. The Labute approximate surface area is 131 Å². The van der Waals surface area contributed by atoms with Gasteiger partial charge in [-0.1, -0.05) is 29.5 Å². The number of hydrogen-bond acceptors (Lipinski definition) is 5. The van der Waals surface area contributed by atoms with Gasteiger partial charge in [-0.05, 0) is 24.3 Å². The van der Waals surface area contributed by atoms with E-state index >= 15 is 0 Å². The van der Waals surface area contributed by atoms with E-state index in [-0.39, 0.29) is 18.0 Å². The van der Waals surface area contributed by atoms with Crippen molar-refractivity contribution >= 4 is 22.5 Å². The Hall–Kier alpha value is -3.22. The molecule has 0 saturated carbocycles. The minimum Gasteiger partial charge on any atom is -0.495 e. The summed E-state index contributed by atoms with van der Waals surface area (Å²) in [4.78, 5) is 24.4. The smallest absolute Gasteiger partial charge is 0.278 e. The summed E-state index contributed by atoms with van der Waals surface area (Å²) in [7, 11) is 1.52. The first-order valence-corrected chi connectivity index (χ1v) is 6.94. The van der Waals surface area contributed by atoms with E-state index in [4.69, 9.17) is 4.74 Å². The first-order valence-electron chi connectivity index (χ1n) is 6.94. The van der Waals surface area contributed by atoms with Gasteiger partial charge in [0.1, 0.15) is 17.8 Å². The van der Waals surface area contributed by atoms with Gasteiger partial charge in [-0.2, -0.15) is 0 Å². The number of para-hydroxylation sites is 2. The number of nitrogens with zero attached hydrogens (tertiary/aromatic N) is 3. The van der Waals surface area contributed by atoms with Crippen molar-refractivity contribution in [3.8, 4) is 5.75 Å². The highest BCUT2D eigenvalue weighted by atomic mass is 16.5. The fourth-order valence-electron chi connectivity index (χ4n) is 2.20. The molecule has 23 heavy (non-hydrogen) atoms. The zero-order valence-corrected chi connectivity index (χ0v) is 12.4. The van der Waals surface area contributed by atoms with Crippen LogP contribution in [0.4, 0.5) is 5.69 Å². The molecular formula is C16H14N4O3. The van der Waals surface area contributed by atoms with Gasteiger partial charge in [0.15, 0.2) is 0 Å². The van der Waals surface area contributed by atoms with Gasteiger partial charge in [0.05, 0.1) is 18.2 Å². The summed E-state index contributed by atoms with van der Waals surface area (Å²) in [6.07, 6.45) is 0. The van der Waals surface area contributed by atoms with E-state index < -0.39 is 0 Å². The van der Waals surface area contributed by atoms with Crippen LogP contribution in [0.15, 0.2) is 53.3 Å². The summed E-state index contributed by atoms with van der Waals surface area (Å²) in [5.74, 6) is 0.152. The van der Waals surface area contributed by atoms with E-state index in [0.717, 1.165) is 4.68 Å². The number of amides is 1. The normalized spacial score (nSPS) is 10.5. The average molecular weight is 310 g/mol. The van der Waals surface area contributed by atoms with Crippen molar-refractivity contribution in [1.29, 1.82) is 0 Å². The fraction of sp³-hybridized carbons (Fsp3) is 0.125. The minimum atomic E-state index is -0.388. The molecule has 2 aromatic carbocycles. The van der Waals surface area contributed by atoms with Crippen LogP contribution in [0.1, 0.15) is 0 Å². The summed E-state index contributed by atoms with van der Waals surface area (Å²) < 4.78 is 6.20. The van der Waals surface area contributed by atoms with Crippen LogP contribution < -0.4 is 15.6 Å². The molecule has 3 aromatic rings. The lowest BCUT2D eigenvalue weighted by Gasteiger charge is -2.10. The number of aromatic nitrogens is 3. The highest BCUT2D eigenvalue weighted by Gasteiger charge is 2.11. The molecule has 0 unspecified atom stereocenters. The van der Waals surface area contributed by atoms with E-state index in [2.05, 4.69) is 15.6 Å². The Morgan fingerprint density at radius 2 is 1.91 bits per heavy atom. The number of carbonyl (C=O) groups is 1. The van der Waals surface area contributed by atoms with Crippen molar-refractivity contribution in [1.82, 2.24) is 15.0 Å². The van der Waals surface area contributed by atoms with Gasteiger partial charge in [0.25, 0.3) is 5.56 Å². The average Bonchev–Trinajstić information content (AvgIpc) is 2.58. The van der Waals surface area contributed by atoms with Crippen molar-refractivity contribution in [2.24, 2.45) is 0 Å². The maximum Gasteiger partial charge on any atom is 0.278 e. The second kappa shape index (κ2) is 6.27. The molecule has 1 amide bonds. The van der Waals surface area contributed by atoms with Crippen molar-refractivity contribution < 1.29 is 9.53 Å². The number of nitrogens with one attached hydrogen (secondary N) is 1. The molecule has 3 rings (SSSR count). The highest BCUT2D eigenvalue weighted by molar-refractivity contribution is 5.92. The summed E-state index contributed by atoms with van der Waals surface area (Å²) >= 11 is 0. The molecule has 0 aliphatic carbocycles. The van der Waals surface area contributed by atoms with Crippen LogP contribution >= 0.6 is 0 Å². The van der Waals surface area contributed by atoms with Crippen LogP contribution in [0.3, 0.4) is 0 Å². The van der Waals surface area contributed by atoms with Crippen LogP contribution in [0, 0.1) is 0 Å². The van der Waals surface area contributed by atoms with Gasteiger partial charge in [-0.15, -0.1) is 5.10 Å². The van der Waals surface area contributed by atoms with Crippen LogP contribution in [-0.4, -0.2) is 28.0 Å². The van der Waals surface area contributed by atoms with Crippen molar-refractivity contribution in [3.63, 3.8) is 0 Å². The van der Waals surface area contributed by atoms with Crippen molar-refractivity contribution in [3.05, 3.63) is 58.9 Å². The Morgan fingerprint density at radius 1 is 1.17 bits per heavy atom. The molecule has 0 radical (unpaired) electrons. The van der Waals surface area contributed by atoms with Gasteiger partial charge < -0.3 is 10.1 Å². The topological polar surface area (TPSA) is 86.1 Å². The predicted octanol–water partition coefficient (Wildman–Crippen LogP) is 1.44. The number of benzene rings is 2. The van der Waals surface area contributed by atoms with Crippen LogP contribution in [0.5, 0.6) is 5.75 Å². The SMILES string of the molecule is COc1ccccc1NC(=O)Cn1nnc2ccccc2c1=O. The number of hydrogen-bond donors (Lipinski definition) is 1. The summed E-state index contributed by atoms with van der Waals surface area (Å²) in [5.41, 5.74) is 0.673. The molecule has 0 atom stereocenters. The third-order valence-electron chi connectivity index (χ3n) is 3.30. The predicted molar refractivity (Wildman–Crippen MR) is 85.4 cm³/mol. The maximum absolute atomic E-state index is 12.3. The first-order chi connectivity index (χ1) is 11.2. The minimum absolute atomic E-state index is 0.227. The largest absolute Gasteiger partial charge is 0.495 e. The number of fused-ring (bicyclic) bond motifs is 1. The number of methoxy groups -OCH3 is 1. The highest BCUT2D eigenvalue weighted by Crippen LogP contribution is 2.22. The molecule has 116 valence electrons. The van der Waals surface area contributed by atoms with E-state index in [1.165, 1.54) is 7.11 Å². The molecule has 0 aliphatic rings. The van der Waals surface area contributed by atoms with Gasteiger partial charge in [-0.3, -0.25) is 9.59 Å². The third kappa shape index (κ3) is 3.03. The van der Waals surface area contributed by atoms with Crippen LogP contribution in [0.2, 0.25) is 0 Å². The maximum atomic E-state index is 12.3. The van der Waals surface area contributed by atoms with Gasteiger partial charge in [-0.25, -0.2) is 4.68 Å². The number of anilines is 1. The molecular weight excluding hydrogens is 296 g/mol. The van der Waals surface area contributed by atoms with Gasteiger partial charge >= 0.3 is 0 Å². The molecule has 0 bridgehead atoms. The second-order valence-corrected chi connectivity index (χ2v) is 4.82. The van der Waals surface area contributed by atoms with Crippen molar-refractivity contribution in [2.75, 3.05) is 12.4 Å². The lowest BCUT2D eigenvalue weighted by molar-refractivity contribution is -0.117. The van der Waals surface area contributed by atoms with E-state index in [0.29, 0.717) is 22.3 Å². The second-order valence-electron chi connectivity index (χ2n) is 4.82. The molecule has 1 heterocycles. The zero-order chi connectivity index (χ0) is 16.2. The lowest BCUT2D eigenvalue weighted by atomic mass is 10.2. The lowest BCUT2D eigenvalue weighted by Crippen LogP contribution is -2.30. The van der Waals surface area contributed by atoms with Crippen LogP contribution in [-0.2, 0) is 11.3 Å².